The second-order valence-electron chi connectivity index (χ2n) is 3.08. The third-order valence-electron chi connectivity index (χ3n) is 2.17. The van der Waals surface area contributed by atoms with Gasteiger partial charge in [-0.3, -0.25) is 9.69 Å². The molecule has 0 bridgehead atoms. The average Bonchev–Trinajstić information content (AvgIpc) is 2.46. The van der Waals surface area contributed by atoms with Crippen LogP contribution in [0.25, 0.3) is 0 Å². The fraction of sp³-hybridized carbons (Fsp3) is 0.500. The maximum atomic E-state index is 10.5. The lowest BCUT2D eigenvalue weighted by atomic mass is 10.1. The summed E-state index contributed by atoms with van der Waals surface area (Å²) in [5.74, 6) is 0.839. The minimum atomic E-state index is 0.470. The summed E-state index contributed by atoms with van der Waals surface area (Å²) < 4.78 is 5.03. The highest BCUT2D eigenvalue weighted by Crippen LogP contribution is 2.19. The second-order valence-corrected chi connectivity index (χ2v) is 3.08. The highest BCUT2D eigenvalue weighted by Gasteiger charge is 2.21. The summed E-state index contributed by atoms with van der Waals surface area (Å²) in [6.45, 7) is 1.73. The van der Waals surface area contributed by atoms with E-state index < -0.39 is 0 Å². The van der Waals surface area contributed by atoms with Crippen LogP contribution in [-0.2, 0) is 13.0 Å². The first-order valence-corrected chi connectivity index (χ1v) is 3.92. The summed E-state index contributed by atoms with van der Waals surface area (Å²) in [5, 5.41) is 3.68. The molecule has 0 aromatic carbocycles. The summed E-state index contributed by atoms with van der Waals surface area (Å²) in [5.41, 5.74) is 1.46. The van der Waals surface area contributed by atoms with Gasteiger partial charge in [-0.25, -0.2) is 0 Å². The quantitative estimate of drug-likeness (QED) is 0.569. The van der Waals surface area contributed by atoms with Crippen molar-refractivity contribution in [3.63, 3.8) is 0 Å². The number of carbonyl (C=O) groups excluding carboxylic acids is 1. The summed E-state index contributed by atoms with van der Waals surface area (Å²) in [6.07, 6.45) is 1.62. The molecule has 4 heteroatoms. The molecule has 0 saturated heterocycles. The fourth-order valence-corrected chi connectivity index (χ4v) is 1.47. The van der Waals surface area contributed by atoms with Gasteiger partial charge in [0.15, 0.2) is 12.0 Å². The number of carbonyl (C=O) groups is 1. The van der Waals surface area contributed by atoms with Gasteiger partial charge in [-0.05, 0) is 13.5 Å². The molecule has 4 nitrogen and oxygen atoms in total. The Bertz CT molecular complexity index is 306. The molecule has 0 N–H and O–H groups in total. The second kappa shape index (κ2) is 2.71. The number of hydrogen-bond donors (Lipinski definition) is 0. The molecule has 0 unspecified atom stereocenters. The lowest BCUT2D eigenvalue weighted by Gasteiger charge is -2.19. The van der Waals surface area contributed by atoms with Crippen molar-refractivity contribution in [2.45, 2.75) is 13.0 Å². The van der Waals surface area contributed by atoms with Crippen molar-refractivity contribution in [2.24, 2.45) is 0 Å². The van der Waals surface area contributed by atoms with Crippen molar-refractivity contribution >= 4 is 6.29 Å². The van der Waals surface area contributed by atoms with Crippen molar-refractivity contribution in [3.8, 4) is 0 Å². The van der Waals surface area contributed by atoms with Crippen LogP contribution < -0.4 is 0 Å². The predicted octanol–water partition coefficient (Wildman–Crippen LogP) is 0.475. The van der Waals surface area contributed by atoms with Gasteiger partial charge in [0.25, 0.3) is 0 Å². The van der Waals surface area contributed by atoms with Gasteiger partial charge in [-0.1, -0.05) is 5.16 Å². The molecule has 1 aromatic rings. The zero-order valence-electron chi connectivity index (χ0n) is 6.91. The van der Waals surface area contributed by atoms with Crippen LogP contribution >= 0.6 is 0 Å². The van der Waals surface area contributed by atoms with Crippen LogP contribution in [0, 0.1) is 0 Å². The summed E-state index contributed by atoms with van der Waals surface area (Å²) in [7, 11) is 2.02. The van der Waals surface area contributed by atoms with Gasteiger partial charge in [0.2, 0.25) is 0 Å². The van der Waals surface area contributed by atoms with Gasteiger partial charge in [0.05, 0.1) is 6.54 Å². The number of rotatable bonds is 1. The Morgan fingerprint density at radius 3 is 3.25 bits per heavy atom. The van der Waals surface area contributed by atoms with E-state index >= 15 is 0 Å². The molecule has 0 spiro atoms. The first-order valence-electron chi connectivity index (χ1n) is 3.92. The van der Waals surface area contributed by atoms with E-state index in [-0.39, 0.29) is 0 Å². The number of nitrogens with zero attached hydrogens (tertiary/aromatic N) is 2. The largest absolute Gasteiger partial charge is 0.359 e. The first-order chi connectivity index (χ1) is 5.81. The fourth-order valence-electron chi connectivity index (χ4n) is 1.47. The van der Waals surface area contributed by atoms with Crippen molar-refractivity contribution in [1.82, 2.24) is 10.1 Å². The SMILES string of the molecule is CN1CCc2c(C=O)noc2C1. The zero-order chi connectivity index (χ0) is 8.55. The third-order valence-corrected chi connectivity index (χ3v) is 2.17. The molecule has 0 atom stereocenters. The van der Waals surface area contributed by atoms with Crippen LogP contribution in [0.1, 0.15) is 21.8 Å². The molecule has 12 heavy (non-hydrogen) atoms. The molecule has 0 amide bonds. The number of fused-ring (bicyclic) bond motifs is 1. The Kier molecular flexibility index (Phi) is 1.69. The topological polar surface area (TPSA) is 46.3 Å². The smallest absolute Gasteiger partial charge is 0.172 e. The molecule has 1 aliphatic heterocycles. The molecule has 0 aliphatic carbocycles. The highest BCUT2D eigenvalue weighted by atomic mass is 16.5. The number of likely N-dealkylation sites (N-methyl/N-ethyl adjacent to an activating group) is 1. The first kappa shape index (κ1) is 7.49. The summed E-state index contributed by atoms with van der Waals surface area (Å²) in [6, 6.07) is 0. The van der Waals surface area contributed by atoms with E-state index in [1.165, 1.54) is 0 Å². The summed E-state index contributed by atoms with van der Waals surface area (Å²) in [4.78, 5) is 12.6. The minimum absolute atomic E-state index is 0.470. The van der Waals surface area contributed by atoms with Crippen LogP contribution in [0.4, 0.5) is 0 Å². The molecule has 0 fully saturated rings. The number of hydrogen-bond acceptors (Lipinski definition) is 4. The normalized spacial score (nSPS) is 17.4. The van der Waals surface area contributed by atoms with E-state index in [9.17, 15) is 4.79 Å². The standard InChI is InChI=1S/C8H10N2O2/c1-10-3-2-6-7(5-11)9-12-8(6)4-10/h5H,2-4H2,1H3. The zero-order valence-corrected chi connectivity index (χ0v) is 6.91. The van der Waals surface area contributed by atoms with Crippen LogP contribution in [0.15, 0.2) is 4.52 Å². The average molecular weight is 166 g/mol. The molecular weight excluding hydrogens is 156 g/mol. The van der Waals surface area contributed by atoms with Gasteiger partial charge >= 0.3 is 0 Å². The van der Waals surface area contributed by atoms with E-state index in [2.05, 4.69) is 10.1 Å². The van der Waals surface area contributed by atoms with Gasteiger partial charge in [-0.2, -0.15) is 0 Å². The minimum Gasteiger partial charge on any atom is -0.359 e. The van der Waals surface area contributed by atoms with Crippen molar-refractivity contribution in [1.29, 1.82) is 0 Å². The molecule has 1 aromatic heterocycles. The molecule has 64 valence electrons. The van der Waals surface area contributed by atoms with E-state index in [0.717, 1.165) is 37.1 Å². The van der Waals surface area contributed by atoms with Gasteiger partial charge < -0.3 is 4.52 Å². The van der Waals surface area contributed by atoms with Gasteiger partial charge in [0, 0.05) is 12.1 Å². The van der Waals surface area contributed by atoms with Crippen molar-refractivity contribution in [2.75, 3.05) is 13.6 Å². The third kappa shape index (κ3) is 1.04. The molecule has 0 radical (unpaired) electrons. The van der Waals surface area contributed by atoms with Gasteiger partial charge in [-0.15, -0.1) is 0 Å². The van der Waals surface area contributed by atoms with Crippen LogP contribution in [-0.4, -0.2) is 29.9 Å². The van der Waals surface area contributed by atoms with Crippen molar-refractivity contribution in [3.05, 3.63) is 17.0 Å². The van der Waals surface area contributed by atoms with E-state index in [1.807, 2.05) is 7.05 Å². The molecular formula is C8H10N2O2. The van der Waals surface area contributed by atoms with Crippen LogP contribution in [0.2, 0.25) is 0 Å². The van der Waals surface area contributed by atoms with Crippen molar-refractivity contribution < 1.29 is 9.32 Å². The Balaban J connectivity index is 2.38. The summed E-state index contributed by atoms with van der Waals surface area (Å²) >= 11 is 0. The molecule has 0 saturated carbocycles. The molecule has 2 rings (SSSR count). The maximum absolute atomic E-state index is 10.5. The van der Waals surface area contributed by atoms with E-state index in [1.54, 1.807) is 0 Å². The van der Waals surface area contributed by atoms with Gasteiger partial charge in [0.1, 0.15) is 5.69 Å². The number of aromatic nitrogens is 1. The predicted molar refractivity (Wildman–Crippen MR) is 41.9 cm³/mol. The maximum Gasteiger partial charge on any atom is 0.172 e. The Morgan fingerprint density at radius 1 is 1.67 bits per heavy atom. The van der Waals surface area contributed by atoms with E-state index in [4.69, 9.17) is 4.52 Å². The van der Waals surface area contributed by atoms with Crippen LogP contribution in [0.5, 0.6) is 0 Å². The Morgan fingerprint density at radius 2 is 2.50 bits per heavy atom. The van der Waals surface area contributed by atoms with Crippen LogP contribution in [0.3, 0.4) is 0 Å². The number of aldehydes is 1. The van der Waals surface area contributed by atoms with E-state index in [0.29, 0.717) is 5.69 Å². The lowest BCUT2D eigenvalue weighted by molar-refractivity contribution is 0.111. The Hall–Kier alpha value is -1.16. The Labute approximate surface area is 70.1 Å². The lowest BCUT2D eigenvalue weighted by Crippen LogP contribution is -2.25. The molecule has 2 heterocycles. The molecule has 1 aliphatic rings. The monoisotopic (exact) mass is 166 g/mol. The highest BCUT2D eigenvalue weighted by molar-refractivity contribution is 5.74.